The lowest BCUT2D eigenvalue weighted by Gasteiger charge is -1.96. The van der Waals surface area contributed by atoms with Gasteiger partial charge in [0.05, 0.1) is 5.39 Å². The first kappa shape index (κ1) is 10.6. The number of aromatic nitrogens is 2. The molecule has 0 atom stereocenters. The fourth-order valence-corrected chi connectivity index (χ4v) is 2.53. The first-order valence-corrected chi connectivity index (χ1v) is 5.21. The normalized spacial score (nSPS) is 10.9. The number of thiophene rings is 1. The number of carboxylic acids is 1. The van der Waals surface area contributed by atoms with Gasteiger partial charge in [-0.2, -0.15) is 0 Å². The monoisotopic (exact) mass is 240 g/mol. The van der Waals surface area contributed by atoms with Gasteiger partial charge in [-0.1, -0.05) is 0 Å². The SMILES string of the molecule is Cc1c(C(=O)O)sc2[nH]c(=O)n(C)c(=O)c12. The highest BCUT2D eigenvalue weighted by atomic mass is 32.1. The fraction of sp³-hybridized carbons (Fsp3) is 0.222. The molecule has 7 heteroatoms. The van der Waals surface area contributed by atoms with Crippen molar-refractivity contribution >= 4 is 27.5 Å². The number of fused-ring (bicyclic) bond motifs is 1. The average Bonchev–Trinajstić information content (AvgIpc) is 2.52. The van der Waals surface area contributed by atoms with E-state index in [9.17, 15) is 14.4 Å². The van der Waals surface area contributed by atoms with Crippen molar-refractivity contribution in [3.05, 3.63) is 31.3 Å². The number of hydrogen-bond acceptors (Lipinski definition) is 4. The second-order valence-electron chi connectivity index (χ2n) is 3.36. The molecule has 0 saturated heterocycles. The summed E-state index contributed by atoms with van der Waals surface area (Å²) < 4.78 is 0.924. The molecule has 0 aliphatic carbocycles. The lowest BCUT2D eigenvalue weighted by molar-refractivity contribution is 0.0701. The number of rotatable bonds is 1. The van der Waals surface area contributed by atoms with Crippen molar-refractivity contribution in [3.63, 3.8) is 0 Å². The molecule has 0 bridgehead atoms. The quantitative estimate of drug-likeness (QED) is 0.749. The Bertz CT molecular complexity index is 707. The summed E-state index contributed by atoms with van der Waals surface area (Å²) in [6.07, 6.45) is 0. The third-order valence-electron chi connectivity index (χ3n) is 2.38. The lowest BCUT2D eigenvalue weighted by atomic mass is 10.2. The first-order chi connectivity index (χ1) is 7.43. The molecule has 0 aliphatic rings. The van der Waals surface area contributed by atoms with Crippen molar-refractivity contribution in [1.29, 1.82) is 0 Å². The van der Waals surface area contributed by atoms with Gasteiger partial charge >= 0.3 is 11.7 Å². The zero-order chi connectivity index (χ0) is 12.0. The van der Waals surface area contributed by atoms with Gasteiger partial charge in [0.1, 0.15) is 9.71 Å². The number of aryl methyl sites for hydroxylation is 1. The van der Waals surface area contributed by atoms with E-state index in [1.165, 1.54) is 7.05 Å². The van der Waals surface area contributed by atoms with E-state index in [1.807, 2.05) is 0 Å². The highest BCUT2D eigenvalue weighted by molar-refractivity contribution is 7.20. The van der Waals surface area contributed by atoms with Gasteiger partial charge in [-0.05, 0) is 12.5 Å². The van der Waals surface area contributed by atoms with Crippen LogP contribution in [0.25, 0.3) is 10.2 Å². The Labute approximate surface area is 92.8 Å². The van der Waals surface area contributed by atoms with Gasteiger partial charge in [-0.3, -0.25) is 14.3 Å². The maximum absolute atomic E-state index is 11.8. The van der Waals surface area contributed by atoms with Gasteiger partial charge in [0.25, 0.3) is 5.56 Å². The third kappa shape index (κ3) is 1.28. The zero-order valence-corrected chi connectivity index (χ0v) is 9.34. The molecule has 84 valence electrons. The Morgan fingerprint density at radius 1 is 1.44 bits per heavy atom. The second-order valence-corrected chi connectivity index (χ2v) is 4.38. The molecular formula is C9H8N2O4S. The minimum absolute atomic E-state index is 0.0777. The minimum atomic E-state index is -1.10. The van der Waals surface area contributed by atoms with Crippen LogP contribution in [0.5, 0.6) is 0 Å². The third-order valence-corrected chi connectivity index (χ3v) is 3.58. The van der Waals surface area contributed by atoms with E-state index in [1.54, 1.807) is 6.92 Å². The van der Waals surface area contributed by atoms with Crippen molar-refractivity contribution in [1.82, 2.24) is 9.55 Å². The smallest absolute Gasteiger partial charge is 0.346 e. The maximum Gasteiger partial charge on any atom is 0.346 e. The topological polar surface area (TPSA) is 92.2 Å². The molecule has 2 aromatic rings. The second kappa shape index (κ2) is 3.31. The van der Waals surface area contributed by atoms with E-state index < -0.39 is 17.2 Å². The standard InChI is InChI=1S/C9H8N2O4S/c1-3-4-6(16-5(3)8(13)14)10-9(15)11(2)7(4)12/h1-2H3,(H,10,15)(H,13,14). The minimum Gasteiger partial charge on any atom is -0.477 e. The number of aromatic amines is 1. The summed E-state index contributed by atoms with van der Waals surface area (Å²) in [6, 6.07) is 0. The molecule has 0 aliphatic heterocycles. The van der Waals surface area contributed by atoms with E-state index in [2.05, 4.69) is 4.98 Å². The van der Waals surface area contributed by atoms with Crippen LogP contribution >= 0.6 is 11.3 Å². The fourth-order valence-electron chi connectivity index (χ4n) is 1.50. The number of carboxylic acid groups (broad SMARTS) is 1. The van der Waals surface area contributed by atoms with Crippen LogP contribution in [0.4, 0.5) is 0 Å². The summed E-state index contributed by atoms with van der Waals surface area (Å²) in [5, 5.41) is 9.17. The lowest BCUT2D eigenvalue weighted by Crippen LogP contribution is -2.32. The van der Waals surface area contributed by atoms with E-state index in [-0.39, 0.29) is 10.3 Å². The first-order valence-electron chi connectivity index (χ1n) is 4.39. The number of aromatic carboxylic acids is 1. The van der Waals surface area contributed by atoms with Crippen molar-refractivity contribution in [2.75, 3.05) is 0 Å². The Morgan fingerprint density at radius 3 is 2.62 bits per heavy atom. The zero-order valence-electron chi connectivity index (χ0n) is 8.53. The molecule has 2 aromatic heterocycles. The number of carbonyl (C=O) groups is 1. The number of nitrogens with one attached hydrogen (secondary N) is 1. The van der Waals surface area contributed by atoms with E-state index in [4.69, 9.17) is 5.11 Å². The van der Waals surface area contributed by atoms with Crippen molar-refractivity contribution in [2.24, 2.45) is 7.05 Å². The molecule has 16 heavy (non-hydrogen) atoms. The molecule has 2 rings (SSSR count). The molecular weight excluding hydrogens is 232 g/mol. The summed E-state index contributed by atoms with van der Waals surface area (Å²) in [5.41, 5.74) is -0.625. The summed E-state index contributed by atoms with van der Waals surface area (Å²) in [5.74, 6) is -1.10. The van der Waals surface area contributed by atoms with Gasteiger partial charge in [-0.25, -0.2) is 9.59 Å². The molecule has 0 spiro atoms. The summed E-state index contributed by atoms with van der Waals surface area (Å²) >= 11 is 0.901. The molecule has 0 aromatic carbocycles. The molecule has 0 fully saturated rings. The highest BCUT2D eigenvalue weighted by Gasteiger charge is 2.18. The van der Waals surface area contributed by atoms with E-state index >= 15 is 0 Å². The largest absolute Gasteiger partial charge is 0.477 e. The van der Waals surface area contributed by atoms with Gasteiger partial charge in [-0.15, -0.1) is 11.3 Å². The molecule has 2 heterocycles. The average molecular weight is 240 g/mol. The number of nitrogens with zero attached hydrogens (tertiary/aromatic N) is 1. The van der Waals surface area contributed by atoms with Crippen LogP contribution in [0, 0.1) is 6.92 Å². The van der Waals surface area contributed by atoms with Gasteiger partial charge in [0.2, 0.25) is 0 Å². The van der Waals surface area contributed by atoms with Crippen molar-refractivity contribution < 1.29 is 9.90 Å². The van der Waals surface area contributed by atoms with Gasteiger partial charge in [0, 0.05) is 7.05 Å². The Morgan fingerprint density at radius 2 is 2.06 bits per heavy atom. The van der Waals surface area contributed by atoms with Crippen LogP contribution in [0.2, 0.25) is 0 Å². The maximum atomic E-state index is 11.8. The number of hydrogen-bond donors (Lipinski definition) is 2. The van der Waals surface area contributed by atoms with Crippen LogP contribution in [0.1, 0.15) is 15.2 Å². The van der Waals surface area contributed by atoms with E-state index in [0.29, 0.717) is 10.4 Å². The molecule has 0 amide bonds. The molecule has 0 saturated carbocycles. The molecule has 0 unspecified atom stereocenters. The van der Waals surface area contributed by atoms with Crippen LogP contribution in [-0.4, -0.2) is 20.6 Å². The summed E-state index contributed by atoms with van der Waals surface area (Å²) in [4.78, 5) is 36.8. The predicted molar refractivity (Wildman–Crippen MR) is 59.4 cm³/mol. The van der Waals surface area contributed by atoms with Gasteiger partial charge in [0.15, 0.2) is 0 Å². The van der Waals surface area contributed by atoms with Crippen molar-refractivity contribution in [2.45, 2.75) is 6.92 Å². The van der Waals surface area contributed by atoms with Crippen LogP contribution in [0.15, 0.2) is 9.59 Å². The summed E-state index contributed by atoms with van der Waals surface area (Å²) in [6.45, 7) is 1.56. The van der Waals surface area contributed by atoms with Crippen LogP contribution in [-0.2, 0) is 7.05 Å². The van der Waals surface area contributed by atoms with Crippen LogP contribution in [0.3, 0.4) is 0 Å². The van der Waals surface area contributed by atoms with Gasteiger partial charge < -0.3 is 5.11 Å². The van der Waals surface area contributed by atoms with Crippen LogP contribution < -0.4 is 11.2 Å². The van der Waals surface area contributed by atoms with Crippen molar-refractivity contribution in [3.8, 4) is 0 Å². The molecule has 0 radical (unpaired) electrons. The Balaban J connectivity index is 3.05. The Hall–Kier alpha value is -1.89. The van der Waals surface area contributed by atoms with E-state index in [0.717, 1.165) is 15.9 Å². The number of H-pyrrole nitrogens is 1. The predicted octanol–water partition coefficient (Wildman–Crippen LogP) is 0.295. The highest BCUT2D eigenvalue weighted by Crippen LogP contribution is 2.25. The Kier molecular flexibility index (Phi) is 2.20. The summed E-state index contributed by atoms with van der Waals surface area (Å²) in [7, 11) is 1.35. The molecule has 6 nitrogen and oxygen atoms in total. The molecule has 2 N–H and O–H groups in total.